The Bertz CT molecular complexity index is 612. The van der Waals surface area contributed by atoms with Crippen LogP contribution in [0.3, 0.4) is 0 Å². The lowest BCUT2D eigenvalue weighted by Crippen LogP contribution is -2.55. The van der Waals surface area contributed by atoms with Gasteiger partial charge >= 0.3 is 0 Å². The Morgan fingerprint density at radius 3 is 2.92 bits per heavy atom. The minimum Gasteiger partial charge on any atom is -0.342 e. The number of unbranched alkanes of at least 4 members (excludes halogenated alkanes) is 1. The minimum absolute atomic E-state index is 0.0146. The molecule has 1 aromatic heterocycles. The Kier molecular flexibility index (Phi) is 4.92. The monoisotopic (exact) mass is 332 g/mol. The average molecular weight is 332 g/mol. The van der Waals surface area contributed by atoms with Gasteiger partial charge in [0, 0.05) is 49.9 Å². The van der Waals surface area contributed by atoms with E-state index in [0.29, 0.717) is 12.2 Å². The van der Waals surface area contributed by atoms with Crippen molar-refractivity contribution in [3.05, 3.63) is 17.7 Å². The van der Waals surface area contributed by atoms with Gasteiger partial charge in [-0.2, -0.15) is 0 Å². The summed E-state index contributed by atoms with van der Waals surface area (Å²) >= 11 is 0. The number of piperidine rings is 2. The molecule has 0 bridgehead atoms. The average Bonchev–Trinajstić information content (AvgIpc) is 3.02. The van der Waals surface area contributed by atoms with Crippen LogP contribution in [0.1, 0.15) is 61.8 Å². The van der Waals surface area contributed by atoms with Gasteiger partial charge in [0.2, 0.25) is 5.91 Å². The van der Waals surface area contributed by atoms with Crippen molar-refractivity contribution in [3.63, 3.8) is 0 Å². The third kappa shape index (κ3) is 3.47. The lowest BCUT2D eigenvalue weighted by atomic mass is 9.73. The maximum Gasteiger partial charge on any atom is 0.289 e. The van der Waals surface area contributed by atoms with Crippen LogP contribution < -0.4 is 0 Å². The van der Waals surface area contributed by atoms with Crippen LogP contribution >= 0.6 is 0 Å². The first-order chi connectivity index (χ1) is 11.5. The molecule has 1 spiro atoms. The fraction of sp³-hybridized carbons (Fsp3) is 0.722. The number of carbonyl (C=O) groups is 2. The molecule has 2 aliphatic heterocycles. The molecule has 6 heteroatoms. The molecule has 2 saturated heterocycles. The van der Waals surface area contributed by atoms with Crippen molar-refractivity contribution in [1.82, 2.24) is 19.8 Å². The van der Waals surface area contributed by atoms with Crippen LogP contribution in [0.4, 0.5) is 0 Å². The molecule has 2 fully saturated rings. The van der Waals surface area contributed by atoms with Gasteiger partial charge in [-0.15, -0.1) is 0 Å². The third-order valence-electron chi connectivity index (χ3n) is 5.38. The van der Waals surface area contributed by atoms with E-state index in [1.807, 2.05) is 16.7 Å². The number of rotatable bonds is 4. The second-order valence-corrected chi connectivity index (χ2v) is 7.41. The molecule has 132 valence electrons. The molecule has 0 saturated carbocycles. The van der Waals surface area contributed by atoms with Crippen molar-refractivity contribution in [2.45, 2.75) is 52.4 Å². The number of H-pyrrole nitrogens is 1. The van der Waals surface area contributed by atoms with E-state index < -0.39 is 0 Å². The van der Waals surface area contributed by atoms with Crippen molar-refractivity contribution < 1.29 is 9.59 Å². The fourth-order valence-corrected chi connectivity index (χ4v) is 4.04. The number of hydrogen-bond donors (Lipinski definition) is 1. The largest absolute Gasteiger partial charge is 0.342 e. The Hall–Kier alpha value is -1.85. The van der Waals surface area contributed by atoms with Crippen LogP contribution in [-0.2, 0) is 4.79 Å². The van der Waals surface area contributed by atoms with Crippen LogP contribution in [0, 0.1) is 12.3 Å². The molecular weight excluding hydrogens is 304 g/mol. The van der Waals surface area contributed by atoms with E-state index in [4.69, 9.17) is 0 Å². The van der Waals surface area contributed by atoms with E-state index in [2.05, 4.69) is 16.9 Å². The van der Waals surface area contributed by atoms with Crippen molar-refractivity contribution >= 4 is 11.8 Å². The Balaban J connectivity index is 1.69. The number of nitrogens with one attached hydrogen (secondary N) is 1. The summed E-state index contributed by atoms with van der Waals surface area (Å²) in [6.07, 6.45) is 7.46. The lowest BCUT2D eigenvalue weighted by molar-refractivity contribution is -0.139. The number of aromatic amines is 1. The summed E-state index contributed by atoms with van der Waals surface area (Å²) < 4.78 is 0. The number of likely N-dealkylation sites (tertiary alicyclic amines) is 2. The Labute approximate surface area is 143 Å². The SMILES string of the molecule is CCCCN1C[C@@]2(CCCN(C(=O)c3ncc(C)[nH]3)C2)CCC1=O. The standard InChI is InChI=1S/C18H28N4O2/c1-3-4-9-21-12-18(8-6-15(21)23)7-5-10-22(13-18)17(24)16-19-11-14(2)20-16/h11H,3-10,12-13H2,1-2H3,(H,19,20)/t18-/m1/s1. The fourth-order valence-electron chi connectivity index (χ4n) is 4.04. The zero-order chi connectivity index (χ0) is 17.2. The highest BCUT2D eigenvalue weighted by Gasteiger charge is 2.42. The van der Waals surface area contributed by atoms with Crippen LogP contribution in [0.15, 0.2) is 6.20 Å². The number of aryl methyl sites for hydroxylation is 1. The molecule has 3 heterocycles. The number of amides is 2. The topological polar surface area (TPSA) is 69.3 Å². The van der Waals surface area contributed by atoms with Crippen molar-refractivity contribution in [2.24, 2.45) is 5.41 Å². The quantitative estimate of drug-likeness (QED) is 0.920. The summed E-state index contributed by atoms with van der Waals surface area (Å²) in [5, 5.41) is 0. The molecule has 2 amide bonds. The summed E-state index contributed by atoms with van der Waals surface area (Å²) in [5.74, 6) is 0.692. The summed E-state index contributed by atoms with van der Waals surface area (Å²) in [6, 6.07) is 0. The predicted octanol–water partition coefficient (Wildman–Crippen LogP) is 2.36. The van der Waals surface area contributed by atoms with E-state index in [9.17, 15) is 9.59 Å². The first-order valence-electron chi connectivity index (χ1n) is 9.12. The first-order valence-corrected chi connectivity index (χ1v) is 9.12. The van der Waals surface area contributed by atoms with Gasteiger partial charge in [-0.05, 0) is 32.6 Å². The summed E-state index contributed by atoms with van der Waals surface area (Å²) in [6.45, 7) is 7.22. The normalized spacial score (nSPS) is 24.7. The van der Waals surface area contributed by atoms with E-state index in [-0.39, 0.29) is 17.2 Å². The van der Waals surface area contributed by atoms with Gasteiger partial charge in [-0.3, -0.25) is 9.59 Å². The van der Waals surface area contributed by atoms with Gasteiger partial charge in [0.15, 0.2) is 5.82 Å². The zero-order valence-electron chi connectivity index (χ0n) is 14.8. The molecule has 2 aliphatic rings. The number of aromatic nitrogens is 2. The van der Waals surface area contributed by atoms with E-state index in [0.717, 1.165) is 64.0 Å². The number of imidazole rings is 1. The number of carbonyl (C=O) groups excluding carboxylic acids is 2. The van der Waals surface area contributed by atoms with Crippen LogP contribution in [0.5, 0.6) is 0 Å². The highest BCUT2D eigenvalue weighted by molar-refractivity contribution is 5.90. The molecule has 1 N–H and O–H groups in total. The second-order valence-electron chi connectivity index (χ2n) is 7.41. The van der Waals surface area contributed by atoms with E-state index in [1.165, 1.54) is 0 Å². The smallest absolute Gasteiger partial charge is 0.289 e. The van der Waals surface area contributed by atoms with Crippen LogP contribution in [0.25, 0.3) is 0 Å². The van der Waals surface area contributed by atoms with Crippen LogP contribution in [-0.4, -0.2) is 57.8 Å². The first kappa shape index (κ1) is 17.0. The molecule has 0 aliphatic carbocycles. The molecule has 6 nitrogen and oxygen atoms in total. The van der Waals surface area contributed by atoms with Gasteiger partial charge in [0.05, 0.1) is 0 Å². The van der Waals surface area contributed by atoms with Crippen LogP contribution in [0.2, 0.25) is 0 Å². The zero-order valence-corrected chi connectivity index (χ0v) is 14.8. The molecular formula is C18H28N4O2. The van der Waals surface area contributed by atoms with Gasteiger partial charge in [-0.1, -0.05) is 13.3 Å². The number of nitrogens with zero attached hydrogens (tertiary/aromatic N) is 3. The molecule has 0 aromatic carbocycles. The maximum absolute atomic E-state index is 12.7. The Morgan fingerprint density at radius 1 is 1.38 bits per heavy atom. The molecule has 0 unspecified atom stereocenters. The second kappa shape index (κ2) is 6.95. The highest BCUT2D eigenvalue weighted by Crippen LogP contribution is 2.39. The lowest BCUT2D eigenvalue weighted by Gasteiger charge is -2.48. The number of hydrogen-bond acceptors (Lipinski definition) is 3. The van der Waals surface area contributed by atoms with E-state index in [1.54, 1.807) is 6.20 Å². The summed E-state index contributed by atoms with van der Waals surface area (Å²) in [4.78, 5) is 36.1. The summed E-state index contributed by atoms with van der Waals surface area (Å²) in [7, 11) is 0. The van der Waals surface area contributed by atoms with Crippen molar-refractivity contribution in [1.29, 1.82) is 0 Å². The van der Waals surface area contributed by atoms with Gasteiger partial charge in [0.25, 0.3) is 5.91 Å². The third-order valence-corrected chi connectivity index (χ3v) is 5.38. The Morgan fingerprint density at radius 2 is 2.21 bits per heavy atom. The van der Waals surface area contributed by atoms with Gasteiger partial charge in [-0.25, -0.2) is 4.98 Å². The molecule has 1 atom stereocenters. The summed E-state index contributed by atoms with van der Waals surface area (Å²) in [5.41, 5.74) is 0.969. The van der Waals surface area contributed by atoms with Gasteiger partial charge in [0.1, 0.15) is 0 Å². The molecule has 24 heavy (non-hydrogen) atoms. The minimum atomic E-state index is -0.0146. The predicted molar refractivity (Wildman–Crippen MR) is 91.6 cm³/mol. The molecule has 1 aromatic rings. The van der Waals surface area contributed by atoms with Gasteiger partial charge < -0.3 is 14.8 Å². The van der Waals surface area contributed by atoms with Crippen molar-refractivity contribution in [3.8, 4) is 0 Å². The molecule has 3 rings (SSSR count). The molecule has 0 radical (unpaired) electrons. The highest BCUT2D eigenvalue weighted by atomic mass is 16.2. The van der Waals surface area contributed by atoms with E-state index >= 15 is 0 Å². The van der Waals surface area contributed by atoms with Crippen molar-refractivity contribution in [2.75, 3.05) is 26.2 Å². The maximum atomic E-state index is 12.7.